The van der Waals surface area contributed by atoms with Crippen molar-refractivity contribution in [3.05, 3.63) is 0 Å². The minimum atomic E-state index is -4.97. The number of ether oxygens (including phenoxy) is 4. The molecular weight excluding hydrogens is 1410 g/mol. The second-order valence-corrected chi connectivity index (χ2v) is 36.0. The Morgan fingerprint density at radius 3 is 0.697 bits per heavy atom. The number of phosphoric acid groups is 2. The smallest absolute Gasteiger partial charge is 0.462 e. The van der Waals surface area contributed by atoms with Crippen molar-refractivity contribution < 1.29 is 80.2 Å². The molecule has 0 spiro atoms. The summed E-state index contributed by atoms with van der Waals surface area (Å²) in [5, 5.41) is 10.7. The van der Waals surface area contributed by atoms with Crippen LogP contribution in [0.1, 0.15) is 485 Å². The maximum absolute atomic E-state index is 13.2. The highest BCUT2D eigenvalue weighted by Crippen LogP contribution is 2.45. The van der Waals surface area contributed by atoms with E-state index in [-0.39, 0.29) is 25.7 Å². The van der Waals surface area contributed by atoms with Crippen molar-refractivity contribution in [2.75, 3.05) is 39.6 Å². The first-order valence-electron chi connectivity index (χ1n) is 46.5. The van der Waals surface area contributed by atoms with Gasteiger partial charge in [0.05, 0.1) is 26.4 Å². The molecule has 0 saturated carbocycles. The topological polar surface area (TPSA) is 237 Å². The predicted molar refractivity (Wildman–Crippen MR) is 451 cm³/mol. The average molecular weight is 1590 g/mol. The third-order valence-corrected chi connectivity index (χ3v) is 23.5. The largest absolute Gasteiger partial charge is 0.472 e. The summed E-state index contributed by atoms with van der Waals surface area (Å²) in [7, 11) is -9.93. The fourth-order valence-electron chi connectivity index (χ4n) is 14.1. The Kier molecular flexibility index (Phi) is 79.8. The van der Waals surface area contributed by atoms with Crippen molar-refractivity contribution in [3.8, 4) is 0 Å². The highest BCUT2D eigenvalue weighted by Gasteiger charge is 2.31. The zero-order valence-corrected chi connectivity index (χ0v) is 73.7. The minimum absolute atomic E-state index is 0.109. The molecule has 0 aromatic carbocycles. The molecule has 3 N–H and O–H groups in total. The van der Waals surface area contributed by atoms with Crippen LogP contribution in [0.25, 0.3) is 0 Å². The Morgan fingerprint density at radius 2 is 0.468 bits per heavy atom. The van der Waals surface area contributed by atoms with Gasteiger partial charge in [0, 0.05) is 25.7 Å². The van der Waals surface area contributed by atoms with Crippen LogP contribution in [0.15, 0.2) is 0 Å². The van der Waals surface area contributed by atoms with Crippen molar-refractivity contribution >= 4 is 39.5 Å². The van der Waals surface area contributed by atoms with E-state index in [2.05, 4.69) is 41.5 Å². The van der Waals surface area contributed by atoms with E-state index < -0.39 is 97.5 Å². The summed E-state index contributed by atoms with van der Waals surface area (Å²) in [6.07, 6.45) is 74.8. The Hall–Kier alpha value is -1.94. The molecule has 0 rings (SSSR count). The lowest BCUT2D eigenvalue weighted by molar-refractivity contribution is -0.161. The number of hydrogen-bond donors (Lipinski definition) is 3. The number of hydrogen-bond acceptors (Lipinski definition) is 15. The molecule has 0 fully saturated rings. The summed E-state index contributed by atoms with van der Waals surface area (Å²) in [6, 6.07) is 0. The quantitative estimate of drug-likeness (QED) is 0.0222. The number of unbranched alkanes of at least 4 members (excludes halogenated alkanes) is 58. The van der Waals surface area contributed by atoms with Gasteiger partial charge < -0.3 is 33.8 Å². The zero-order valence-electron chi connectivity index (χ0n) is 71.9. The van der Waals surface area contributed by atoms with E-state index in [0.29, 0.717) is 25.7 Å². The number of rotatable bonds is 89. The van der Waals surface area contributed by atoms with Gasteiger partial charge in [-0.1, -0.05) is 433 Å². The Bertz CT molecular complexity index is 2080. The van der Waals surface area contributed by atoms with Crippen molar-refractivity contribution in [1.82, 2.24) is 0 Å². The molecule has 6 atom stereocenters. The second kappa shape index (κ2) is 81.2. The average Bonchev–Trinajstić information content (AvgIpc) is 0.899. The van der Waals surface area contributed by atoms with Gasteiger partial charge in [-0.3, -0.25) is 37.3 Å². The lowest BCUT2D eigenvalue weighted by Crippen LogP contribution is -2.30. The number of aliphatic hydroxyl groups excluding tert-OH is 1. The molecule has 0 saturated heterocycles. The summed E-state index contributed by atoms with van der Waals surface area (Å²) < 4.78 is 69.1. The van der Waals surface area contributed by atoms with E-state index in [4.69, 9.17) is 37.0 Å². The molecule has 0 aromatic rings. The fourth-order valence-corrected chi connectivity index (χ4v) is 15.7. The van der Waals surface area contributed by atoms with Crippen molar-refractivity contribution in [3.63, 3.8) is 0 Å². The lowest BCUT2D eigenvalue weighted by Gasteiger charge is -2.21. The maximum atomic E-state index is 13.2. The lowest BCUT2D eigenvalue weighted by atomic mass is 9.99. The van der Waals surface area contributed by atoms with E-state index in [9.17, 15) is 43.2 Å². The Balaban J connectivity index is 5.25. The SMILES string of the molecule is CCCCCCCCCCCCCCCCCCC(=O)O[C@H](COC(=O)CCCCCCCCCCCCCCC)COP(=O)(O)OC[C@H](O)COP(=O)(O)OC[C@@H](COC(=O)CCCCCCCCCCCCCCCCCC(C)C)OC(=O)CCCCCCCCCCCCCCCCCCCCC(C)CC. The van der Waals surface area contributed by atoms with Gasteiger partial charge in [-0.2, -0.15) is 0 Å². The van der Waals surface area contributed by atoms with Crippen LogP contribution in [-0.4, -0.2) is 96.7 Å². The molecule has 0 aliphatic heterocycles. The van der Waals surface area contributed by atoms with Gasteiger partial charge in [-0.05, 0) is 37.5 Å². The molecule has 109 heavy (non-hydrogen) atoms. The van der Waals surface area contributed by atoms with E-state index >= 15 is 0 Å². The van der Waals surface area contributed by atoms with Gasteiger partial charge in [0.1, 0.15) is 19.3 Å². The third kappa shape index (κ3) is 82.4. The molecule has 19 heteroatoms. The molecule has 3 unspecified atom stereocenters. The summed E-state index contributed by atoms with van der Waals surface area (Å²) >= 11 is 0. The molecule has 648 valence electrons. The van der Waals surface area contributed by atoms with E-state index in [1.165, 1.54) is 302 Å². The predicted octanol–water partition coefficient (Wildman–Crippen LogP) is 27.8. The van der Waals surface area contributed by atoms with Crippen LogP contribution < -0.4 is 0 Å². The molecular formula is C90H176O17P2. The first-order chi connectivity index (χ1) is 52.9. The highest BCUT2D eigenvalue weighted by molar-refractivity contribution is 7.47. The Labute approximate surface area is 670 Å². The molecule has 0 aromatic heterocycles. The monoisotopic (exact) mass is 1590 g/mol. The van der Waals surface area contributed by atoms with Crippen LogP contribution in [0.4, 0.5) is 0 Å². The van der Waals surface area contributed by atoms with Gasteiger partial charge in [-0.15, -0.1) is 0 Å². The fraction of sp³-hybridized carbons (Fsp3) is 0.956. The van der Waals surface area contributed by atoms with Crippen LogP contribution in [0.5, 0.6) is 0 Å². The van der Waals surface area contributed by atoms with E-state index in [1.807, 2.05) is 0 Å². The van der Waals surface area contributed by atoms with Crippen LogP contribution >= 0.6 is 15.6 Å². The van der Waals surface area contributed by atoms with Gasteiger partial charge in [0.15, 0.2) is 12.2 Å². The number of carbonyl (C=O) groups excluding carboxylic acids is 4. The van der Waals surface area contributed by atoms with Crippen molar-refractivity contribution in [2.45, 2.75) is 503 Å². The zero-order chi connectivity index (χ0) is 79.9. The van der Waals surface area contributed by atoms with Crippen LogP contribution in [0.3, 0.4) is 0 Å². The first kappa shape index (κ1) is 107. The molecule has 0 amide bonds. The number of esters is 4. The maximum Gasteiger partial charge on any atom is 0.472 e. The molecule has 0 aliphatic rings. The highest BCUT2D eigenvalue weighted by atomic mass is 31.2. The number of carbonyl (C=O) groups is 4. The summed E-state index contributed by atoms with van der Waals surface area (Å²) in [5.74, 6) is -0.417. The van der Waals surface area contributed by atoms with E-state index in [1.54, 1.807) is 0 Å². The second-order valence-electron chi connectivity index (χ2n) is 33.1. The van der Waals surface area contributed by atoms with Crippen molar-refractivity contribution in [2.24, 2.45) is 11.8 Å². The standard InChI is InChI=1S/C90H176O17P2/c1-7-10-12-14-16-18-20-22-23-31-38-44-50-56-62-68-74-89(94)106-85(78-100-87(92)72-66-60-54-48-42-34-21-19-17-15-13-11-8-2)80-104-108(96,97)102-76-84(91)77-103-109(98,99)105-81-86(79-101-88(93)73-67-61-55-49-43-37-33-28-29-35-40-46-52-58-64-70-82(4)5)107-90(95)75-69-63-57-51-45-39-32-27-25-24-26-30-36-41-47-53-59-65-71-83(6)9-3/h82-86,91H,7-81H2,1-6H3,(H,96,97)(H,98,99)/t83?,84-,85+,86+/m0/s1. The number of phosphoric ester groups is 2. The van der Waals surface area contributed by atoms with Crippen LogP contribution in [0.2, 0.25) is 0 Å². The van der Waals surface area contributed by atoms with Gasteiger partial charge >= 0.3 is 39.5 Å². The van der Waals surface area contributed by atoms with Gasteiger partial charge in [-0.25, -0.2) is 9.13 Å². The summed E-state index contributed by atoms with van der Waals surface area (Å²) in [6.45, 7) is 9.80. The normalized spacial score (nSPS) is 14.0. The molecule has 0 heterocycles. The summed E-state index contributed by atoms with van der Waals surface area (Å²) in [5.41, 5.74) is 0. The third-order valence-electron chi connectivity index (χ3n) is 21.6. The number of aliphatic hydroxyl groups is 1. The molecule has 0 bridgehead atoms. The molecule has 0 aliphatic carbocycles. The molecule has 17 nitrogen and oxygen atoms in total. The first-order valence-corrected chi connectivity index (χ1v) is 49.5. The van der Waals surface area contributed by atoms with E-state index in [0.717, 1.165) is 102 Å². The minimum Gasteiger partial charge on any atom is -0.462 e. The summed E-state index contributed by atoms with van der Waals surface area (Å²) in [4.78, 5) is 73.4. The van der Waals surface area contributed by atoms with Crippen molar-refractivity contribution in [1.29, 1.82) is 0 Å². The molecule has 0 radical (unpaired) electrons. The van der Waals surface area contributed by atoms with Crippen LogP contribution in [0, 0.1) is 11.8 Å². The Morgan fingerprint density at radius 1 is 0.266 bits per heavy atom. The van der Waals surface area contributed by atoms with Gasteiger partial charge in [0.25, 0.3) is 0 Å². The van der Waals surface area contributed by atoms with Crippen LogP contribution in [-0.2, 0) is 65.4 Å². The van der Waals surface area contributed by atoms with Gasteiger partial charge in [0.2, 0.25) is 0 Å².